The van der Waals surface area contributed by atoms with E-state index in [4.69, 9.17) is 9.05 Å². The number of nitrogens with one attached hydrogen (secondary N) is 1. The first kappa shape index (κ1) is 55.5. The molecule has 2 N–H and O–H groups in total. The molecule has 336 valence electrons. The second-order valence-corrected chi connectivity index (χ2v) is 19.6. The van der Waals surface area contributed by atoms with E-state index in [9.17, 15) is 19.4 Å². The van der Waals surface area contributed by atoms with Crippen LogP contribution in [0.5, 0.6) is 0 Å². The number of hydrogen-bond acceptors (Lipinski definition) is 6. The van der Waals surface area contributed by atoms with E-state index in [0.717, 1.165) is 19.3 Å². The maximum Gasteiger partial charge on any atom is 0.268 e. The van der Waals surface area contributed by atoms with Gasteiger partial charge in [-0.2, -0.15) is 0 Å². The fourth-order valence-electron chi connectivity index (χ4n) is 7.50. The molecule has 3 atom stereocenters. The summed E-state index contributed by atoms with van der Waals surface area (Å²) in [5, 5.41) is 13.6. The molecular formula is C47H97N2O6P. The average Bonchev–Trinajstić information content (AvgIpc) is 3.14. The molecule has 1 amide bonds. The van der Waals surface area contributed by atoms with Crippen LogP contribution >= 0.6 is 7.82 Å². The fourth-order valence-corrected chi connectivity index (χ4v) is 8.22. The minimum Gasteiger partial charge on any atom is -0.756 e. The lowest BCUT2D eigenvalue weighted by Gasteiger charge is -2.30. The summed E-state index contributed by atoms with van der Waals surface area (Å²) in [5.41, 5.74) is 0. The van der Waals surface area contributed by atoms with Gasteiger partial charge < -0.3 is 28.8 Å². The monoisotopic (exact) mass is 817 g/mol. The van der Waals surface area contributed by atoms with Crippen molar-refractivity contribution in [2.24, 2.45) is 0 Å². The quantitative estimate of drug-likeness (QED) is 0.0360. The van der Waals surface area contributed by atoms with Gasteiger partial charge in [0.05, 0.1) is 39.9 Å². The Balaban J connectivity index is 3.59. The van der Waals surface area contributed by atoms with Crippen LogP contribution in [0.4, 0.5) is 0 Å². The zero-order valence-corrected chi connectivity index (χ0v) is 39.0. The van der Waals surface area contributed by atoms with Crippen molar-refractivity contribution in [1.29, 1.82) is 0 Å². The number of hydrogen-bond donors (Lipinski definition) is 2. The predicted octanol–water partition coefficient (Wildman–Crippen LogP) is 13.1. The summed E-state index contributed by atoms with van der Waals surface area (Å²) >= 11 is 0. The van der Waals surface area contributed by atoms with Gasteiger partial charge in [-0.15, -0.1) is 0 Å². The smallest absolute Gasteiger partial charge is 0.268 e. The Kier molecular flexibility index (Phi) is 39.6. The molecule has 0 aliphatic heterocycles. The number of nitrogens with zero attached hydrogens (tertiary/aromatic N) is 1. The predicted molar refractivity (Wildman–Crippen MR) is 238 cm³/mol. The number of unbranched alkanes of at least 4 members (excludes halogenated alkanes) is 32. The fraction of sp³-hybridized carbons (Fsp3) is 0.979. The molecule has 9 heteroatoms. The number of carbonyl (C=O) groups excluding carboxylic acids is 1. The minimum atomic E-state index is -4.53. The Bertz CT molecular complexity index is 885. The summed E-state index contributed by atoms with van der Waals surface area (Å²) in [6.07, 6.45) is 46.0. The second kappa shape index (κ2) is 39.9. The largest absolute Gasteiger partial charge is 0.756 e. The van der Waals surface area contributed by atoms with Crippen molar-refractivity contribution in [2.45, 2.75) is 257 Å². The molecule has 0 aromatic heterocycles. The van der Waals surface area contributed by atoms with E-state index in [2.05, 4.69) is 12.2 Å². The second-order valence-electron chi connectivity index (χ2n) is 18.2. The molecule has 0 spiro atoms. The lowest BCUT2D eigenvalue weighted by atomic mass is 10.0. The van der Waals surface area contributed by atoms with Gasteiger partial charge >= 0.3 is 0 Å². The first-order chi connectivity index (χ1) is 27.0. The minimum absolute atomic E-state index is 0.0133. The van der Waals surface area contributed by atoms with Gasteiger partial charge in [0.1, 0.15) is 13.2 Å². The summed E-state index contributed by atoms with van der Waals surface area (Å²) < 4.78 is 22.9. The first-order valence-electron chi connectivity index (χ1n) is 24.4. The maximum absolute atomic E-state index is 12.2. The van der Waals surface area contributed by atoms with E-state index >= 15 is 0 Å². The summed E-state index contributed by atoms with van der Waals surface area (Å²) in [6.45, 7) is 4.39. The summed E-state index contributed by atoms with van der Waals surface area (Å²) in [5.74, 6) is -0.215. The number of quaternary nitrogens is 1. The Morgan fingerprint density at radius 2 is 0.875 bits per heavy atom. The molecule has 0 aliphatic carbocycles. The Morgan fingerprint density at radius 3 is 1.18 bits per heavy atom. The van der Waals surface area contributed by atoms with Gasteiger partial charge in [0.2, 0.25) is 5.91 Å². The molecule has 0 heterocycles. The third-order valence-corrected chi connectivity index (χ3v) is 12.3. The van der Waals surface area contributed by atoms with E-state index in [1.807, 2.05) is 28.1 Å². The van der Waals surface area contributed by atoms with Gasteiger partial charge in [-0.1, -0.05) is 226 Å². The van der Waals surface area contributed by atoms with Gasteiger partial charge in [-0.3, -0.25) is 9.36 Å². The van der Waals surface area contributed by atoms with Crippen LogP contribution in [0.25, 0.3) is 0 Å². The highest BCUT2D eigenvalue weighted by molar-refractivity contribution is 7.45. The third-order valence-electron chi connectivity index (χ3n) is 11.3. The number of phosphoric ester groups is 1. The van der Waals surface area contributed by atoms with Crippen molar-refractivity contribution in [2.75, 3.05) is 40.9 Å². The number of aliphatic hydroxyl groups excluding tert-OH is 1. The number of rotatable bonds is 45. The Morgan fingerprint density at radius 1 is 0.554 bits per heavy atom. The highest BCUT2D eigenvalue weighted by Crippen LogP contribution is 2.38. The Hall–Kier alpha value is -0.500. The highest BCUT2D eigenvalue weighted by Gasteiger charge is 2.24. The van der Waals surface area contributed by atoms with Gasteiger partial charge in [0.15, 0.2) is 0 Å². The van der Waals surface area contributed by atoms with E-state index < -0.39 is 20.0 Å². The van der Waals surface area contributed by atoms with Crippen LogP contribution in [0.2, 0.25) is 0 Å². The van der Waals surface area contributed by atoms with Crippen molar-refractivity contribution >= 4 is 13.7 Å². The van der Waals surface area contributed by atoms with E-state index in [-0.39, 0.29) is 19.1 Å². The number of carbonyl (C=O) groups is 1. The molecule has 56 heavy (non-hydrogen) atoms. The van der Waals surface area contributed by atoms with Crippen LogP contribution in [0.1, 0.15) is 245 Å². The van der Waals surface area contributed by atoms with Crippen LogP contribution in [-0.4, -0.2) is 68.5 Å². The molecule has 0 rings (SSSR count). The molecule has 0 saturated carbocycles. The molecule has 0 aromatic rings. The molecule has 0 aliphatic rings. The summed E-state index contributed by atoms with van der Waals surface area (Å²) in [4.78, 5) is 24.5. The molecule has 0 saturated heterocycles. The molecule has 0 fully saturated rings. The van der Waals surface area contributed by atoms with Crippen molar-refractivity contribution in [1.82, 2.24) is 5.32 Å². The van der Waals surface area contributed by atoms with Gasteiger partial charge in [-0.25, -0.2) is 0 Å². The SMILES string of the molecule is CCCCCCCCCCCCCCCCCCCCCCCCCCCCCCCCCCCC(O)C(COP(=O)([O-])OCC[N+](C)(C)C)NC(=O)CCC. The standard InChI is InChI=1S/C47H97N2O6P/c1-6-8-9-10-11-12-13-14-15-16-17-18-19-20-21-22-23-24-25-26-27-28-29-30-31-32-33-34-35-36-37-38-39-41-46(50)45(48-47(51)40-7-2)44-55-56(52,53)54-43-42-49(3,4)5/h45-46,50H,6-44H2,1-5H3,(H-,48,51,52,53). The number of likely N-dealkylation sites (N-methyl/N-ethyl adjacent to an activating group) is 1. The van der Waals surface area contributed by atoms with Crippen LogP contribution in [0, 0.1) is 0 Å². The number of phosphoric acid groups is 1. The highest BCUT2D eigenvalue weighted by atomic mass is 31.2. The van der Waals surface area contributed by atoms with Crippen molar-refractivity contribution < 1.29 is 32.9 Å². The molecule has 0 aromatic carbocycles. The number of aliphatic hydroxyl groups is 1. The van der Waals surface area contributed by atoms with E-state index in [1.54, 1.807) is 0 Å². The summed E-state index contributed by atoms with van der Waals surface area (Å²) in [7, 11) is 1.31. The average molecular weight is 817 g/mol. The lowest BCUT2D eigenvalue weighted by Crippen LogP contribution is -2.46. The Labute approximate surface area is 349 Å². The van der Waals surface area contributed by atoms with E-state index in [1.165, 1.54) is 193 Å². The summed E-state index contributed by atoms with van der Waals surface area (Å²) in [6, 6.07) is -0.790. The van der Waals surface area contributed by atoms with Crippen LogP contribution in [0.15, 0.2) is 0 Å². The third kappa shape index (κ3) is 41.7. The van der Waals surface area contributed by atoms with Crippen molar-refractivity contribution in [3.05, 3.63) is 0 Å². The van der Waals surface area contributed by atoms with Gasteiger partial charge in [0.25, 0.3) is 7.82 Å². The lowest BCUT2D eigenvalue weighted by molar-refractivity contribution is -0.870. The van der Waals surface area contributed by atoms with Gasteiger partial charge in [0, 0.05) is 6.42 Å². The maximum atomic E-state index is 12.2. The van der Waals surface area contributed by atoms with Crippen molar-refractivity contribution in [3.8, 4) is 0 Å². The van der Waals surface area contributed by atoms with Crippen LogP contribution in [-0.2, 0) is 18.4 Å². The number of amides is 1. The molecule has 3 unspecified atom stereocenters. The zero-order chi connectivity index (χ0) is 41.4. The van der Waals surface area contributed by atoms with Crippen LogP contribution < -0.4 is 10.2 Å². The molecule has 8 nitrogen and oxygen atoms in total. The molecular weight excluding hydrogens is 719 g/mol. The van der Waals surface area contributed by atoms with Crippen LogP contribution in [0.3, 0.4) is 0 Å². The molecule has 0 bridgehead atoms. The molecule has 0 radical (unpaired) electrons. The topological polar surface area (TPSA) is 108 Å². The van der Waals surface area contributed by atoms with E-state index in [0.29, 0.717) is 30.3 Å². The zero-order valence-electron chi connectivity index (χ0n) is 38.1. The van der Waals surface area contributed by atoms with Crippen molar-refractivity contribution in [3.63, 3.8) is 0 Å². The first-order valence-corrected chi connectivity index (χ1v) is 25.8. The van der Waals surface area contributed by atoms with Gasteiger partial charge in [-0.05, 0) is 12.8 Å². The normalized spacial score (nSPS) is 14.2.